The van der Waals surface area contributed by atoms with Gasteiger partial charge in [0.15, 0.2) is 0 Å². The Hall–Kier alpha value is -1.32. The monoisotopic (exact) mass is 230 g/mol. The minimum atomic E-state index is 1.06. The van der Waals surface area contributed by atoms with Crippen molar-refractivity contribution in [1.82, 2.24) is 9.29 Å². The highest BCUT2D eigenvalue weighted by molar-refractivity contribution is 8.00. The van der Waals surface area contributed by atoms with Gasteiger partial charge in [-0.05, 0) is 24.6 Å². The van der Waals surface area contributed by atoms with Crippen molar-refractivity contribution in [3.8, 4) is 0 Å². The molecule has 1 aliphatic heterocycles. The maximum Gasteiger partial charge on any atom is 0.0701 e. The molecule has 0 N–H and O–H groups in total. The zero-order valence-electron chi connectivity index (χ0n) is 9.21. The van der Waals surface area contributed by atoms with Crippen LogP contribution in [0.25, 0.3) is 10.9 Å². The Labute approximate surface area is 100 Å². The van der Waals surface area contributed by atoms with Crippen molar-refractivity contribution in [2.45, 2.75) is 0 Å². The van der Waals surface area contributed by atoms with E-state index in [0.29, 0.717) is 0 Å². The fourth-order valence-corrected chi connectivity index (χ4v) is 1.95. The predicted molar refractivity (Wildman–Crippen MR) is 71.1 cm³/mol. The van der Waals surface area contributed by atoms with Gasteiger partial charge in [-0.1, -0.05) is 42.3 Å². The molecule has 0 radical (unpaired) electrons. The average Bonchev–Trinajstić information content (AvgIpc) is 2.81. The number of nitrogens with zero attached hydrogens (tertiary/aromatic N) is 2. The molecular formula is C13H14N2S. The van der Waals surface area contributed by atoms with Crippen LogP contribution in [-0.2, 0) is 0 Å². The highest BCUT2D eigenvalue weighted by Gasteiger charge is 1.96. The van der Waals surface area contributed by atoms with Gasteiger partial charge < -0.3 is 0 Å². The molecule has 1 aromatic carbocycles. The Bertz CT molecular complexity index is 409. The van der Waals surface area contributed by atoms with Gasteiger partial charge in [-0.15, -0.1) is 0 Å². The first kappa shape index (κ1) is 11.2. The highest BCUT2D eigenvalue weighted by atomic mass is 32.2. The van der Waals surface area contributed by atoms with Gasteiger partial charge in [0.2, 0.25) is 0 Å². The van der Waals surface area contributed by atoms with Crippen LogP contribution in [0, 0.1) is 0 Å². The van der Waals surface area contributed by atoms with Gasteiger partial charge in [0.1, 0.15) is 0 Å². The van der Waals surface area contributed by atoms with E-state index in [1.807, 2.05) is 30.5 Å². The summed E-state index contributed by atoms with van der Waals surface area (Å²) in [5, 5.41) is 3.30. The van der Waals surface area contributed by atoms with Gasteiger partial charge >= 0.3 is 0 Å². The van der Waals surface area contributed by atoms with Crippen LogP contribution in [0.5, 0.6) is 0 Å². The van der Waals surface area contributed by atoms with Crippen molar-refractivity contribution < 1.29 is 0 Å². The Morgan fingerprint density at radius 3 is 2.62 bits per heavy atom. The Balaban J connectivity index is 0.000000138. The number of likely N-dealkylation sites (N-methyl/N-ethyl adjacent to an activating group) is 1. The molecule has 0 amide bonds. The summed E-state index contributed by atoms with van der Waals surface area (Å²) in [7, 11) is 2.07. The first-order valence-electron chi connectivity index (χ1n) is 5.19. The number of hydrogen-bond donors (Lipinski definition) is 0. The fraction of sp³-hybridized carbons (Fsp3) is 0.154. The van der Waals surface area contributed by atoms with Crippen molar-refractivity contribution in [3.05, 3.63) is 54.1 Å². The van der Waals surface area contributed by atoms with Crippen LogP contribution in [0.1, 0.15) is 0 Å². The lowest BCUT2D eigenvalue weighted by molar-refractivity contribution is 0.650. The Morgan fingerprint density at radius 2 is 2.00 bits per heavy atom. The largest absolute Gasteiger partial charge is 0.256 e. The minimum Gasteiger partial charge on any atom is -0.256 e. The highest BCUT2D eigenvalue weighted by Crippen LogP contribution is 2.13. The molecule has 3 heteroatoms. The molecule has 1 aliphatic rings. The van der Waals surface area contributed by atoms with Gasteiger partial charge in [-0.3, -0.25) is 4.98 Å². The van der Waals surface area contributed by atoms with Crippen LogP contribution < -0.4 is 0 Å². The van der Waals surface area contributed by atoms with Crippen molar-refractivity contribution in [2.75, 3.05) is 13.6 Å². The van der Waals surface area contributed by atoms with E-state index in [9.17, 15) is 0 Å². The predicted octanol–water partition coefficient (Wildman–Crippen LogP) is 3.33. The first-order valence-corrected chi connectivity index (χ1v) is 6.02. The molecule has 0 unspecified atom stereocenters. The lowest BCUT2D eigenvalue weighted by atomic mass is 10.2. The number of para-hydroxylation sites is 1. The second kappa shape index (κ2) is 5.68. The van der Waals surface area contributed by atoms with Gasteiger partial charge in [-0.25, -0.2) is 4.31 Å². The number of pyridine rings is 1. The smallest absolute Gasteiger partial charge is 0.0701 e. The van der Waals surface area contributed by atoms with E-state index in [1.54, 1.807) is 11.9 Å². The zero-order valence-corrected chi connectivity index (χ0v) is 10.0. The van der Waals surface area contributed by atoms with Gasteiger partial charge in [-0.2, -0.15) is 0 Å². The molecule has 1 aromatic heterocycles. The molecule has 2 nitrogen and oxygen atoms in total. The van der Waals surface area contributed by atoms with Crippen LogP contribution in [0.2, 0.25) is 0 Å². The summed E-state index contributed by atoms with van der Waals surface area (Å²) in [5.41, 5.74) is 1.06. The quantitative estimate of drug-likeness (QED) is 0.646. The summed E-state index contributed by atoms with van der Waals surface area (Å²) in [6.07, 6.45) is 3.95. The number of aromatic nitrogens is 1. The molecule has 0 bridgehead atoms. The van der Waals surface area contributed by atoms with E-state index >= 15 is 0 Å². The standard InChI is InChI=1S/C9H7N.C4H7NS/c1-2-6-9-8(4-1)5-3-7-10-9;1-5-3-2-4-6-5/h1-7H;2,4H,3H2,1H3. The Morgan fingerprint density at radius 1 is 1.19 bits per heavy atom. The van der Waals surface area contributed by atoms with Gasteiger partial charge in [0, 0.05) is 18.1 Å². The maximum atomic E-state index is 4.18. The molecule has 2 aromatic rings. The third kappa shape index (κ3) is 3.08. The second-order valence-electron chi connectivity index (χ2n) is 3.48. The van der Waals surface area contributed by atoms with E-state index in [2.05, 4.69) is 40.0 Å². The van der Waals surface area contributed by atoms with Crippen LogP contribution in [0.4, 0.5) is 0 Å². The molecule has 0 aliphatic carbocycles. The van der Waals surface area contributed by atoms with Gasteiger partial charge in [0.05, 0.1) is 5.52 Å². The minimum absolute atomic E-state index is 1.06. The molecular weight excluding hydrogens is 216 g/mol. The molecule has 0 atom stereocenters. The van der Waals surface area contributed by atoms with E-state index in [4.69, 9.17) is 0 Å². The summed E-state index contributed by atoms with van der Waals surface area (Å²) in [6.45, 7) is 1.10. The molecule has 16 heavy (non-hydrogen) atoms. The van der Waals surface area contributed by atoms with Gasteiger partial charge in [0.25, 0.3) is 0 Å². The summed E-state index contributed by atoms with van der Waals surface area (Å²) in [6, 6.07) is 12.1. The summed E-state index contributed by atoms with van der Waals surface area (Å²) >= 11 is 1.75. The molecule has 0 spiro atoms. The average molecular weight is 230 g/mol. The summed E-state index contributed by atoms with van der Waals surface area (Å²) in [5.74, 6) is 0. The second-order valence-corrected chi connectivity index (χ2v) is 4.59. The van der Waals surface area contributed by atoms with Crippen LogP contribution in [0.15, 0.2) is 54.1 Å². The first-order chi connectivity index (χ1) is 7.86. The molecule has 0 fully saturated rings. The molecule has 82 valence electrons. The third-order valence-corrected chi connectivity index (χ3v) is 3.03. The lowest BCUT2D eigenvalue weighted by Crippen LogP contribution is -2.01. The molecule has 2 heterocycles. The molecule has 0 saturated carbocycles. The van der Waals surface area contributed by atoms with Crippen molar-refractivity contribution in [1.29, 1.82) is 0 Å². The lowest BCUT2D eigenvalue weighted by Gasteiger charge is -1.99. The maximum absolute atomic E-state index is 4.18. The number of fused-ring (bicyclic) bond motifs is 1. The number of hydrogen-bond acceptors (Lipinski definition) is 3. The topological polar surface area (TPSA) is 16.1 Å². The van der Waals surface area contributed by atoms with Crippen molar-refractivity contribution in [2.24, 2.45) is 0 Å². The summed E-state index contributed by atoms with van der Waals surface area (Å²) in [4.78, 5) is 4.18. The van der Waals surface area contributed by atoms with E-state index in [1.165, 1.54) is 5.39 Å². The van der Waals surface area contributed by atoms with Crippen molar-refractivity contribution in [3.63, 3.8) is 0 Å². The number of rotatable bonds is 0. The number of benzene rings is 1. The molecule has 0 saturated heterocycles. The zero-order chi connectivity index (χ0) is 11.2. The van der Waals surface area contributed by atoms with Crippen molar-refractivity contribution >= 4 is 22.9 Å². The summed E-state index contributed by atoms with van der Waals surface area (Å²) < 4.78 is 2.17. The molecule has 3 rings (SSSR count). The van der Waals surface area contributed by atoms with Crippen LogP contribution in [0.3, 0.4) is 0 Å². The van der Waals surface area contributed by atoms with Crippen LogP contribution >= 0.6 is 11.9 Å². The van der Waals surface area contributed by atoms with E-state index in [0.717, 1.165) is 12.1 Å². The van der Waals surface area contributed by atoms with E-state index in [-0.39, 0.29) is 0 Å². The third-order valence-electron chi connectivity index (χ3n) is 2.21. The van der Waals surface area contributed by atoms with Crippen LogP contribution in [-0.4, -0.2) is 22.9 Å². The SMILES string of the molecule is CN1CC=CS1.c1ccc2ncccc2c1. The Kier molecular flexibility index (Phi) is 3.97. The normalized spacial score (nSPS) is 14.8. The van der Waals surface area contributed by atoms with E-state index < -0.39 is 0 Å². The fourth-order valence-electron chi connectivity index (χ4n) is 1.40.